The van der Waals surface area contributed by atoms with Gasteiger partial charge in [-0.1, -0.05) is 32.6 Å². The van der Waals surface area contributed by atoms with Crippen LogP contribution in [0.15, 0.2) is 12.1 Å². The molecule has 0 aliphatic carbocycles. The number of hydrogen-bond acceptors (Lipinski definition) is 2. The van der Waals surface area contributed by atoms with Crippen molar-refractivity contribution in [2.24, 2.45) is 0 Å². The molecule has 0 unspecified atom stereocenters. The van der Waals surface area contributed by atoms with Crippen LogP contribution in [0.5, 0.6) is 5.75 Å². The van der Waals surface area contributed by atoms with Gasteiger partial charge in [-0.25, -0.2) is 8.78 Å². The summed E-state index contributed by atoms with van der Waals surface area (Å²) in [6.07, 6.45) is 2.85. The first-order valence-electron chi connectivity index (χ1n) is 6.92. The van der Waals surface area contributed by atoms with Crippen LogP contribution in [0.4, 0.5) is 13.2 Å². The van der Waals surface area contributed by atoms with Gasteiger partial charge in [0.15, 0.2) is 11.6 Å². The molecule has 2 nitrogen and oxygen atoms in total. The number of benzene rings is 1. The summed E-state index contributed by atoms with van der Waals surface area (Å²) in [5.41, 5.74) is -0.571. The van der Waals surface area contributed by atoms with Crippen molar-refractivity contribution < 1.29 is 22.7 Å². The first-order chi connectivity index (χ1) is 9.97. The molecular formula is C15H18ClF3O2. The van der Waals surface area contributed by atoms with Crippen molar-refractivity contribution in [3.8, 4) is 5.75 Å². The van der Waals surface area contributed by atoms with Gasteiger partial charge in [0.2, 0.25) is 5.82 Å². The van der Waals surface area contributed by atoms with Crippen molar-refractivity contribution in [3.63, 3.8) is 0 Å². The Morgan fingerprint density at radius 3 is 2.57 bits per heavy atom. The molecule has 0 radical (unpaired) electrons. The second kappa shape index (κ2) is 8.93. The lowest BCUT2D eigenvalue weighted by Gasteiger charge is -2.12. The van der Waals surface area contributed by atoms with E-state index in [2.05, 4.69) is 6.92 Å². The lowest BCUT2D eigenvalue weighted by molar-refractivity contribution is 0.107. The molecule has 0 aliphatic rings. The fourth-order valence-electron chi connectivity index (χ4n) is 1.85. The maximum atomic E-state index is 13.6. The Bertz CT molecular complexity index is 480. The van der Waals surface area contributed by atoms with Crippen LogP contribution in [0.1, 0.15) is 49.4 Å². The molecule has 1 aromatic carbocycles. The first-order valence-corrected chi connectivity index (χ1v) is 7.29. The van der Waals surface area contributed by atoms with Gasteiger partial charge >= 0.3 is 0 Å². The number of carbonyl (C=O) groups excluding carboxylic acids is 1. The van der Waals surface area contributed by atoms with Gasteiger partial charge in [-0.3, -0.25) is 4.79 Å². The van der Waals surface area contributed by atoms with Crippen LogP contribution < -0.4 is 4.74 Å². The van der Waals surface area contributed by atoms with Gasteiger partial charge in [-0.05, 0) is 30.2 Å². The van der Waals surface area contributed by atoms with E-state index in [1.807, 2.05) is 0 Å². The van der Waals surface area contributed by atoms with E-state index in [4.69, 9.17) is 16.3 Å². The molecule has 1 rings (SSSR count). The van der Waals surface area contributed by atoms with E-state index >= 15 is 0 Å². The van der Waals surface area contributed by atoms with Crippen LogP contribution in [0.3, 0.4) is 0 Å². The van der Waals surface area contributed by atoms with Crippen molar-refractivity contribution in [1.82, 2.24) is 0 Å². The van der Waals surface area contributed by atoms with Crippen LogP contribution in [0.25, 0.3) is 0 Å². The smallest absolute Gasteiger partial charge is 0.255 e. The summed E-state index contributed by atoms with van der Waals surface area (Å²) in [6, 6.07) is 2.08. The van der Waals surface area contributed by atoms with E-state index < -0.39 is 34.4 Å². The average Bonchev–Trinajstić information content (AvgIpc) is 2.44. The molecule has 21 heavy (non-hydrogen) atoms. The largest absolute Gasteiger partial charge is 0.487 e. The summed E-state index contributed by atoms with van der Waals surface area (Å²) >= 11 is 5.10. The quantitative estimate of drug-likeness (QED) is 0.471. The van der Waals surface area contributed by atoms with Crippen molar-refractivity contribution >= 4 is 16.8 Å². The van der Waals surface area contributed by atoms with Crippen molar-refractivity contribution in [2.75, 3.05) is 6.61 Å². The minimum absolute atomic E-state index is 0.322. The molecule has 0 spiro atoms. The minimum atomic E-state index is -1.38. The molecule has 0 bridgehead atoms. The second-order valence-corrected chi connectivity index (χ2v) is 5.11. The predicted octanol–water partition coefficient (Wildman–Crippen LogP) is 5.03. The summed E-state index contributed by atoms with van der Waals surface area (Å²) in [7, 11) is 0. The number of ether oxygens (including phenoxy) is 1. The van der Waals surface area contributed by atoms with E-state index in [0.29, 0.717) is 6.42 Å². The van der Waals surface area contributed by atoms with Gasteiger partial charge in [0.05, 0.1) is 5.56 Å². The van der Waals surface area contributed by atoms with Gasteiger partial charge in [-0.2, -0.15) is 4.39 Å². The zero-order valence-electron chi connectivity index (χ0n) is 11.8. The Morgan fingerprint density at radius 2 is 1.95 bits per heavy atom. The zero-order chi connectivity index (χ0) is 15.8. The van der Waals surface area contributed by atoms with Crippen LogP contribution in [0, 0.1) is 11.6 Å². The van der Waals surface area contributed by atoms with Crippen molar-refractivity contribution in [1.29, 1.82) is 0 Å². The molecule has 0 aromatic heterocycles. The van der Waals surface area contributed by atoms with E-state index in [1.54, 1.807) is 0 Å². The predicted molar refractivity (Wildman–Crippen MR) is 75.7 cm³/mol. The second-order valence-electron chi connectivity index (χ2n) is 4.77. The molecule has 0 heterocycles. The molecule has 6 heteroatoms. The SMILES string of the molecule is CCCCCC[C@H](F)COc1ccc(C(=O)Cl)c(F)c1F. The fraction of sp³-hybridized carbons (Fsp3) is 0.533. The van der Waals surface area contributed by atoms with E-state index in [1.165, 1.54) is 0 Å². The molecule has 0 N–H and O–H groups in total. The van der Waals surface area contributed by atoms with Gasteiger partial charge in [0, 0.05) is 0 Å². The number of halogens is 4. The Morgan fingerprint density at radius 1 is 1.24 bits per heavy atom. The van der Waals surface area contributed by atoms with Crippen LogP contribution in [-0.2, 0) is 0 Å². The third-order valence-electron chi connectivity index (χ3n) is 3.05. The molecule has 0 amide bonds. The summed E-state index contributed by atoms with van der Waals surface area (Å²) in [5, 5.41) is -1.10. The summed E-state index contributed by atoms with van der Waals surface area (Å²) in [4.78, 5) is 10.8. The normalized spacial score (nSPS) is 12.2. The Hall–Kier alpha value is -1.23. The zero-order valence-corrected chi connectivity index (χ0v) is 12.6. The van der Waals surface area contributed by atoms with Gasteiger partial charge in [0.25, 0.3) is 5.24 Å². The number of hydrogen-bond donors (Lipinski definition) is 0. The minimum Gasteiger partial charge on any atom is -0.487 e. The lowest BCUT2D eigenvalue weighted by Crippen LogP contribution is -2.14. The number of carbonyl (C=O) groups is 1. The van der Waals surface area contributed by atoms with Crippen LogP contribution in [-0.4, -0.2) is 18.0 Å². The summed E-state index contributed by atoms with van der Waals surface area (Å²) < 4.78 is 45.5. The fourth-order valence-corrected chi connectivity index (χ4v) is 2.00. The highest BCUT2D eigenvalue weighted by molar-refractivity contribution is 6.67. The van der Waals surface area contributed by atoms with E-state index in [-0.39, 0.29) is 6.61 Å². The molecule has 0 fully saturated rings. The van der Waals surface area contributed by atoms with Gasteiger partial charge < -0.3 is 4.74 Å². The van der Waals surface area contributed by atoms with Gasteiger partial charge in [0.1, 0.15) is 12.8 Å². The van der Waals surface area contributed by atoms with Crippen molar-refractivity contribution in [2.45, 2.75) is 45.2 Å². The first kappa shape index (κ1) is 17.8. The van der Waals surface area contributed by atoms with E-state index in [0.717, 1.165) is 37.8 Å². The molecule has 0 aliphatic heterocycles. The standard InChI is InChI=1S/C15H18ClF3O2/c1-2-3-4-5-6-10(17)9-21-12-8-7-11(15(16)20)13(18)14(12)19/h7-8,10H,2-6,9H2,1H3/t10-/m0/s1. The highest BCUT2D eigenvalue weighted by Crippen LogP contribution is 2.24. The maximum Gasteiger partial charge on any atom is 0.255 e. The Kier molecular flexibility index (Phi) is 7.57. The van der Waals surface area contributed by atoms with Gasteiger partial charge in [-0.15, -0.1) is 0 Å². The van der Waals surface area contributed by atoms with Crippen LogP contribution >= 0.6 is 11.6 Å². The number of rotatable bonds is 9. The molecule has 1 aromatic rings. The maximum absolute atomic E-state index is 13.6. The lowest BCUT2D eigenvalue weighted by atomic mass is 10.1. The number of alkyl halides is 1. The van der Waals surface area contributed by atoms with Crippen LogP contribution in [0.2, 0.25) is 0 Å². The summed E-state index contributed by atoms with van der Waals surface area (Å²) in [5.74, 6) is -3.14. The summed E-state index contributed by atoms with van der Waals surface area (Å²) in [6.45, 7) is 1.71. The third-order valence-corrected chi connectivity index (χ3v) is 3.25. The molecule has 1 atom stereocenters. The molecular weight excluding hydrogens is 305 g/mol. The molecule has 0 saturated heterocycles. The highest BCUT2D eigenvalue weighted by Gasteiger charge is 2.19. The Balaban J connectivity index is 2.52. The molecule has 118 valence electrons. The third kappa shape index (κ3) is 5.58. The monoisotopic (exact) mass is 322 g/mol. The molecule has 0 saturated carbocycles. The average molecular weight is 323 g/mol. The topological polar surface area (TPSA) is 26.3 Å². The highest BCUT2D eigenvalue weighted by atomic mass is 35.5. The van der Waals surface area contributed by atoms with E-state index in [9.17, 15) is 18.0 Å². The van der Waals surface area contributed by atoms with Crippen molar-refractivity contribution in [3.05, 3.63) is 29.3 Å². The number of unbranched alkanes of at least 4 members (excludes halogenated alkanes) is 3. The Labute approximate surface area is 127 Å².